The van der Waals surface area contributed by atoms with Gasteiger partial charge in [0.15, 0.2) is 11.5 Å². The number of carbonyl (C=O) groups excluding carboxylic acids is 1. The van der Waals surface area contributed by atoms with Crippen molar-refractivity contribution in [3.8, 4) is 0 Å². The quantitative estimate of drug-likeness (QED) is 0.152. The van der Waals surface area contributed by atoms with Crippen molar-refractivity contribution in [3.63, 3.8) is 0 Å². The maximum absolute atomic E-state index is 12.6. The standard InChI is InChI=1S/C29H31N9O/c1-5-6-10-31-17-33-28(39)21-12-18(2)25(19(3)13-21)35-26-24-16-32-29(36-27(24)38(4)37-26)34-23-8-7-20-9-11-30-15-22(20)14-23/h5-8,10,12-14,16-17,30H,1,9,11,15H2,2-4H3,(H,35,37)(H,31,33,39)(H,32,34,36)/b10-6-. The van der Waals surface area contributed by atoms with Crippen molar-refractivity contribution in [2.75, 3.05) is 17.2 Å². The molecule has 0 radical (unpaired) electrons. The van der Waals surface area contributed by atoms with E-state index < -0.39 is 0 Å². The van der Waals surface area contributed by atoms with Gasteiger partial charge in [0, 0.05) is 42.9 Å². The molecule has 0 saturated carbocycles. The molecular formula is C29H31N9O. The summed E-state index contributed by atoms with van der Waals surface area (Å²) >= 11 is 0. The smallest absolute Gasteiger partial charge is 0.256 e. The second-order valence-corrected chi connectivity index (χ2v) is 9.38. The van der Waals surface area contributed by atoms with Gasteiger partial charge >= 0.3 is 0 Å². The highest BCUT2D eigenvalue weighted by molar-refractivity contribution is 6.01. The molecule has 0 saturated heterocycles. The average molecular weight is 522 g/mol. The van der Waals surface area contributed by atoms with Crippen LogP contribution in [0.5, 0.6) is 0 Å². The average Bonchev–Trinajstić information content (AvgIpc) is 3.24. The molecule has 0 unspecified atom stereocenters. The molecule has 10 nitrogen and oxygen atoms in total. The van der Waals surface area contributed by atoms with Gasteiger partial charge in [-0.1, -0.05) is 18.7 Å². The summed E-state index contributed by atoms with van der Waals surface area (Å²) in [6.07, 6.45) is 8.99. The van der Waals surface area contributed by atoms with Gasteiger partial charge in [0.1, 0.15) is 0 Å². The SMILES string of the molecule is C=C/C=C\N=CNC(=O)c1cc(C)c(Nc2nn(C)c3nc(Nc4ccc5c(c4)CNCC5)ncc23)c(C)c1. The van der Waals surface area contributed by atoms with Crippen LogP contribution in [0.4, 0.5) is 23.1 Å². The van der Waals surface area contributed by atoms with E-state index in [1.165, 1.54) is 17.5 Å². The Balaban J connectivity index is 1.34. The minimum atomic E-state index is -0.240. The first-order valence-electron chi connectivity index (χ1n) is 12.7. The molecule has 1 aliphatic heterocycles. The van der Waals surface area contributed by atoms with E-state index in [0.29, 0.717) is 23.0 Å². The lowest BCUT2D eigenvalue weighted by molar-refractivity contribution is 0.0978. The summed E-state index contributed by atoms with van der Waals surface area (Å²) in [5.74, 6) is 0.908. The van der Waals surface area contributed by atoms with Gasteiger partial charge in [0.25, 0.3) is 5.91 Å². The monoisotopic (exact) mass is 521 g/mol. The molecule has 0 aliphatic carbocycles. The molecule has 3 heterocycles. The lowest BCUT2D eigenvalue weighted by atomic mass is 10.0. The van der Waals surface area contributed by atoms with E-state index >= 15 is 0 Å². The second-order valence-electron chi connectivity index (χ2n) is 9.38. The number of hydrogen-bond acceptors (Lipinski definition) is 8. The molecule has 0 spiro atoms. The minimum absolute atomic E-state index is 0.240. The van der Waals surface area contributed by atoms with Gasteiger partial charge in [-0.2, -0.15) is 10.1 Å². The number of aromatic nitrogens is 4. The van der Waals surface area contributed by atoms with Crippen LogP contribution in [0.2, 0.25) is 0 Å². The largest absolute Gasteiger partial charge is 0.338 e. The maximum Gasteiger partial charge on any atom is 0.256 e. The number of carbonyl (C=O) groups is 1. The van der Waals surface area contributed by atoms with E-state index in [1.54, 1.807) is 29.2 Å². The molecule has 10 heteroatoms. The van der Waals surface area contributed by atoms with E-state index in [0.717, 1.165) is 47.4 Å². The van der Waals surface area contributed by atoms with E-state index in [2.05, 4.69) is 61.1 Å². The number of benzene rings is 2. The van der Waals surface area contributed by atoms with Crippen LogP contribution in [0.15, 0.2) is 66.5 Å². The summed E-state index contributed by atoms with van der Waals surface area (Å²) in [5, 5.41) is 18.3. The third-order valence-corrected chi connectivity index (χ3v) is 6.55. The van der Waals surface area contributed by atoms with E-state index in [1.807, 2.05) is 33.0 Å². The summed E-state index contributed by atoms with van der Waals surface area (Å²) in [6, 6.07) is 10.0. The van der Waals surface area contributed by atoms with Gasteiger partial charge in [-0.05, 0) is 79.4 Å². The number of anilines is 4. The predicted molar refractivity (Wildman–Crippen MR) is 156 cm³/mol. The highest BCUT2D eigenvalue weighted by Gasteiger charge is 2.16. The molecule has 39 heavy (non-hydrogen) atoms. The van der Waals surface area contributed by atoms with Crippen LogP contribution in [0.1, 0.15) is 32.6 Å². The Morgan fingerprint density at radius 2 is 1.97 bits per heavy atom. The third kappa shape index (κ3) is 5.70. The molecular weight excluding hydrogens is 490 g/mol. The van der Waals surface area contributed by atoms with Crippen molar-refractivity contribution in [1.82, 2.24) is 30.4 Å². The Labute approximate surface area is 227 Å². The Kier molecular flexibility index (Phi) is 7.46. The fourth-order valence-corrected chi connectivity index (χ4v) is 4.62. The Hall–Kier alpha value is -4.83. The van der Waals surface area contributed by atoms with Crippen LogP contribution in [0.25, 0.3) is 11.0 Å². The fourth-order valence-electron chi connectivity index (χ4n) is 4.62. The summed E-state index contributed by atoms with van der Waals surface area (Å²) in [5.41, 5.74) is 7.55. The lowest BCUT2D eigenvalue weighted by Gasteiger charge is -2.18. The fraction of sp³-hybridized carbons (Fsp3) is 0.207. The molecule has 2 aromatic carbocycles. The molecule has 0 bridgehead atoms. The first-order valence-corrected chi connectivity index (χ1v) is 12.7. The second kappa shape index (κ2) is 11.3. The number of rotatable bonds is 8. The van der Waals surface area contributed by atoms with E-state index in [-0.39, 0.29) is 5.91 Å². The van der Waals surface area contributed by atoms with Gasteiger partial charge in [-0.3, -0.25) is 4.79 Å². The third-order valence-electron chi connectivity index (χ3n) is 6.55. The first kappa shape index (κ1) is 25.8. The maximum atomic E-state index is 12.6. The van der Waals surface area contributed by atoms with Crippen molar-refractivity contribution < 1.29 is 4.79 Å². The van der Waals surface area contributed by atoms with E-state index in [9.17, 15) is 4.79 Å². The molecule has 0 atom stereocenters. The summed E-state index contributed by atoms with van der Waals surface area (Å²) in [7, 11) is 1.85. The highest BCUT2D eigenvalue weighted by atomic mass is 16.1. The van der Waals surface area contributed by atoms with Crippen LogP contribution < -0.4 is 21.3 Å². The number of amides is 1. The van der Waals surface area contributed by atoms with Gasteiger partial charge in [-0.15, -0.1) is 0 Å². The molecule has 2 aromatic heterocycles. The first-order chi connectivity index (χ1) is 18.9. The summed E-state index contributed by atoms with van der Waals surface area (Å²) in [4.78, 5) is 25.8. The Morgan fingerprint density at radius 1 is 1.15 bits per heavy atom. The highest BCUT2D eigenvalue weighted by Crippen LogP contribution is 2.30. The Morgan fingerprint density at radius 3 is 2.77 bits per heavy atom. The van der Waals surface area contributed by atoms with Gasteiger partial charge in [0.05, 0.1) is 11.7 Å². The molecule has 1 aliphatic rings. The predicted octanol–water partition coefficient (Wildman–Crippen LogP) is 4.57. The van der Waals surface area contributed by atoms with E-state index in [4.69, 9.17) is 4.98 Å². The Bertz CT molecular complexity index is 1590. The van der Waals surface area contributed by atoms with Crippen LogP contribution >= 0.6 is 0 Å². The number of fused-ring (bicyclic) bond motifs is 2. The zero-order chi connectivity index (χ0) is 27.4. The van der Waals surface area contributed by atoms with Gasteiger partial charge in [0.2, 0.25) is 5.95 Å². The number of aliphatic imine (C=N–C) groups is 1. The van der Waals surface area contributed by atoms with Crippen LogP contribution in [0, 0.1) is 13.8 Å². The molecule has 4 aromatic rings. The number of allylic oxidation sites excluding steroid dienone is 2. The zero-order valence-electron chi connectivity index (χ0n) is 22.2. The minimum Gasteiger partial charge on any atom is -0.338 e. The number of hydrogen-bond donors (Lipinski definition) is 4. The number of nitrogens with zero attached hydrogens (tertiary/aromatic N) is 5. The lowest BCUT2D eigenvalue weighted by Crippen LogP contribution is -2.23. The van der Waals surface area contributed by atoms with Gasteiger partial charge < -0.3 is 21.3 Å². The number of nitrogens with one attached hydrogen (secondary N) is 4. The molecule has 1 amide bonds. The van der Waals surface area contributed by atoms with Crippen molar-refractivity contribution in [2.45, 2.75) is 26.8 Å². The van der Waals surface area contributed by atoms with Crippen molar-refractivity contribution >= 4 is 46.4 Å². The molecule has 198 valence electrons. The normalized spacial score (nSPS) is 13.1. The summed E-state index contributed by atoms with van der Waals surface area (Å²) < 4.78 is 1.73. The summed E-state index contributed by atoms with van der Waals surface area (Å²) in [6.45, 7) is 9.36. The molecule has 5 rings (SSSR count). The zero-order valence-corrected chi connectivity index (χ0v) is 22.2. The van der Waals surface area contributed by atoms with Crippen molar-refractivity contribution in [3.05, 3.63) is 89.3 Å². The van der Waals surface area contributed by atoms with Gasteiger partial charge in [-0.25, -0.2) is 14.7 Å². The van der Waals surface area contributed by atoms with Crippen molar-refractivity contribution in [1.29, 1.82) is 0 Å². The van der Waals surface area contributed by atoms with Crippen LogP contribution in [-0.4, -0.2) is 38.5 Å². The van der Waals surface area contributed by atoms with Crippen LogP contribution in [-0.2, 0) is 20.0 Å². The van der Waals surface area contributed by atoms with Crippen molar-refractivity contribution in [2.24, 2.45) is 12.0 Å². The molecule has 4 N–H and O–H groups in total. The number of aryl methyl sites for hydroxylation is 3. The van der Waals surface area contributed by atoms with Crippen LogP contribution in [0.3, 0.4) is 0 Å². The topological polar surface area (TPSA) is 121 Å². The molecule has 0 fully saturated rings.